The van der Waals surface area contributed by atoms with E-state index in [1.807, 2.05) is 13.0 Å². The van der Waals surface area contributed by atoms with Crippen molar-refractivity contribution < 1.29 is 8.42 Å². The predicted molar refractivity (Wildman–Crippen MR) is 60.0 cm³/mol. The molecule has 0 amide bonds. The molecule has 0 spiro atoms. The summed E-state index contributed by atoms with van der Waals surface area (Å²) in [5.41, 5.74) is 6.40. The van der Waals surface area contributed by atoms with Crippen LogP contribution in [0.25, 0.3) is 0 Å². The molecule has 0 saturated carbocycles. The van der Waals surface area contributed by atoms with Crippen molar-refractivity contribution in [2.24, 2.45) is 5.73 Å². The van der Waals surface area contributed by atoms with Crippen LogP contribution in [-0.4, -0.2) is 21.0 Å². The third kappa shape index (κ3) is 3.62. The van der Waals surface area contributed by atoms with Gasteiger partial charge in [-0.05, 0) is 31.5 Å². The van der Waals surface area contributed by atoms with E-state index >= 15 is 0 Å². The second kappa shape index (κ2) is 4.74. The molecule has 0 fully saturated rings. The smallest absolute Gasteiger partial charge is 0.240 e. The van der Waals surface area contributed by atoms with Gasteiger partial charge in [-0.2, -0.15) is 0 Å². The second-order valence-electron chi connectivity index (χ2n) is 3.65. The van der Waals surface area contributed by atoms with Gasteiger partial charge in [0, 0.05) is 12.6 Å². The SMILES string of the molecule is Cc1cccc(S(=O)(=O)NC[C@@H](C)N)c1. The molecule has 1 rings (SSSR count). The molecule has 0 bridgehead atoms. The van der Waals surface area contributed by atoms with Crippen molar-refractivity contribution in [1.82, 2.24) is 4.72 Å². The Hall–Kier alpha value is -0.910. The van der Waals surface area contributed by atoms with Gasteiger partial charge in [0.25, 0.3) is 0 Å². The number of hydrogen-bond donors (Lipinski definition) is 2. The van der Waals surface area contributed by atoms with Crippen molar-refractivity contribution in [1.29, 1.82) is 0 Å². The van der Waals surface area contributed by atoms with Crippen molar-refractivity contribution in [2.75, 3.05) is 6.54 Å². The lowest BCUT2D eigenvalue weighted by atomic mass is 10.2. The van der Waals surface area contributed by atoms with Gasteiger partial charge >= 0.3 is 0 Å². The Morgan fingerprint density at radius 3 is 2.67 bits per heavy atom. The normalized spacial score (nSPS) is 13.8. The Labute approximate surface area is 90.5 Å². The van der Waals surface area contributed by atoms with E-state index in [1.165, 1.54) is 0 Å². The molecule has 0 saturated heterocycles. The van der Waals surface area contributed by atoms with Crippen molar-refractivity contribution in [2.45, 2.75) is 24.8 Å². The Morgan fingerprint density at radius 1 is 1.47 bits per heavy atom. The highest BCUT2D eigenvalue weighted by atomic mass is 32.2. The van der Waals surface area contributed by atoms with Crippen LogP contribution in [0.1, 0.15) is 12.5 Å². The highest BCUT2D eigenvalue weighted by Crippen LogP contribution is 2.10. The first kappa shape index (κ1) is 12.2. The summed E-state index contributed by atoms with van der Waals surface area (Å²) in [6.45, 7) is 3.85. The third-order valence-electron chi connectivity index (χ3n) is 1.90. The fourth-order valence-electron chi connectivity index (χ4n) is 1.11. The first-order valence-electron chi connectivity index (χ1n) is 4.74. The summed E-state index contributed by atoms with van der Waals surface area (Å²) in [6, 6.07) is 6.57. The minimum absolute atomic E-state index is 0.190. The Bertz CT molecular complexity index is 427. The standard InChI is InChI=1S/C10H16N2O2S/c1-8-4-3-5-10(6-8)15(13,14)12-7-9(2)11/h3-6,9,12H,7,11H2,1-2H3/t9-/m1/s1. The second-order valence-corrected chi connectivity index (χ2v) is 5.41. The molecule has 15 heavy (non-hydrogen) atoms. The van der Waals surface area contributed by atoms with Crippen molar-refractivity contribution in [3.63, 3.8) is 0 Å². The summed E-state index contributed by atoms with van der Waals surface area (Å²) in [7, 11) is -3.41. The van der Waals surface area contributed by atoms with E-state index in [0.717, 1.165) is 5.56 Å². The zero-order valence-electron chi connectivity index (χ0n) is 8.90. The molecular formula is C10H16N2O2S. The first-order chi connectivity index (χ1) is 6.92. The Balaban J connectivity index is 2.87. The van der Waals surface area contributed by atoms with Crippen molar-refractivity contribution in [3.05, 3.63) is 29.8 Å². The maximum absolute atomic E-state index is 11.7. The van der Waals surface area contributed by atoms with Crippen LogP contribution in [0.2, 0.25) is 0 Å². The highest BCUT2D eigenvalue weighted by molar-refractivity contribution is 7.89. The summed E-state index contributed by atoms with van der Waals surface area (Å²) >= 11 is 0. The van der Waals surface area contributed by atoms with E-state index in [1.54, 1.807) is 25.1 Å². The maximum atomic E-state index is 11.7. The van der Waals surface area contributed by atoms with Gasteiger partial charge in [0.15, 0.2) is 0 Å². The van der Waals surface area contributed by atoms with Gasteiger partial charge in [-0.15, -0.1) is 0 Å². The number of rotatable bonds is 4. The number of hydrogen-bond acceptors (Lipinski definition) is 3. The molecule has 1 aromatic rings. The fourth-order valence-corrected chi connectivity index (χ4v) is 2.35. The summed E-state index contributed by atoms with van der Waals surface area (Å²) < 4.78 is 25.9. The largest absolute Gasteiger partial charge is 0.327 e. The molecule has 84 valence electrons. The lowest BCUT2D eigenvalue weighted by Gasteiger charge is -2.09. The van der Waals surface area contributed by atoms with E-state index in [0.29, 0.717) is 0 Å². The maximum Gasteiger partial charge on any atom is 0.240 e. The van der Waals surface area contributed by atoms with Gasteiger partial charge < -0.3 is 5.73 Å². The summed E-state index contributed by atoms with van der Waals surface area (Å²) in [5, 5.41) is 0. The van der Waals surface area contributed by atoms with Crippen LogP contribution in [0, 0.1) is 6.92 Å². The lowest BCUT2D eigenvalue weighted by molar-refractivity contribution is 0.574. The molecule has 0 unspecified atom stereocenters. The van der Waals surface area contributed by atoms with Crippen molar-refractivity contribution >= 4 is 10.0 Å². The molecule has 1 aromatic carbocycles. The number of nitrogens with one attached hydrogen (secondary N) is 1. The molecule has 0 radical (unpaired) electrons. The van der Waals surface area contributed by atoms with Crippen LogP contribution in [0.3, 0.4) is 0 Å². The van der Waals surface area contributed by atoms with E-state index in [9.17, 15) is 8.42 Å². The summed E-state index contributed by atoms with van der Waals surface area (Å²) in [5.74, 6) is 0. The Morgan fingerprint density at radius 2 is 2.13 bits per heavy atom. The molecule has 0 heterocycles. The van der Waals surface area contributed by atoms with E-state index in [2.05, 4.69) is 4.72 Å². The molecule has 0 aliphatic rings. The van der Waals surface area contributed by atoms with Crippen LogP contribution >= 0.6 is 0 Å². The van der Waals surface area contributed by atoms with Crippen LogP contribution in [0.4, 0.5) is 0 Å². The van der Waals surface area contributed by atoms with Crippen LogP contribution in [-0.2, 0) is 10.0 Å². The van der Waals surface area contributed by atoms with Gasteiger partial charge in [0.1, 0.15) is 0 Å². The zero-order chi connectivity index (χ0) is 11.5. The molecule has 0 aliphatic heterocycles. The average Bonchev–Trinajstić information content (AvgIpc) is 2.15. The van der Waals surface area contributed by atoms with Gasteiger partial charge in [-0.3, -0.25) is 0 Å². The molecule has 4 nitrogen and oxygen atoms in total. The summed E-state index contributed by atoms with van der Waals surface area (Å²) in [4.78, 5) is 0.281. The van der Waals surface area contributed by atoms with Gasteiger partial charge in [0.05, 0.1) is 4.90 Å². The Kier molecular flexibility index (Phi) is 3.84. The predicted octanol–water partition coefficient (Wildman–Crippen LogP) is 0.621. The molecule has 1 atom stereocenters. The van der Waals surface area contributed by atoms with Crippen LogP contribution in [0.15, 0.2) is 29.2 Å². The third-order valence-corrected chi connectivity index (χ3v) is 3.32. The highest BCUT2D eigenvalue weighted by Gasteiger charge is 2.13. The zero-order valence-corrected chi connectivity index (χ0v) is 9.71. The van der Waals surface area contributed by atoms with Gasteiger partial charge in [-0.25, -0.2) is 13.1 Å². The number of nitrogens with two attached hydrogens (primary N) is 1. The van der Waals surface area contributed by atoms with Crippen LogP contribution in [0.5, 0.6) is 0 Å². The van der Waals surface area contributed by atoms with Crippen LogP contribution < -0.4 is 10.5 Å². The minimum Gasteiger partial charge on any atom is -0.327 e. The van der Waals surface area contributed by atoms with Crippen molar-refractivity contribution in [3.8, 4) is 0 Å². The van der Waals surface area contributed by atoms with E-state index in [4.69, 9.17) is 5.73 Å². The topological polar surface area (TPSA) is 72.2 Å². The monoisotopic (exact) mass is 228 g/mol. The fraction of sp³-hybridized carbons (Fsp3) is 0.400. The number of benzene rings is 1. The van der Waals surface area contributed by atoms with E-state index in [-0.39, 0.29) is 17.5 Å². The molecule has 0 aliphatic carbocycles. The molecule has 5 heteroatoms. The van der Waals surface area contributed by atoms with Gasteiger partial charge in [-0.1, -0.05) is 12.1 Å². The number of aryl methyl sites for hydroxylation is 1. The summed E-state index contributed by atoms with van der Waals surface area (Å²) in [6.07, 6.45) is 0. The minimum atomic E-state index is -3.41. The number of sulfonamides is 1. The molecular weight excluding hydrogens is 212 g/mol. The quantitative estimate of drug-likeness (QED) is 0.793. The van der Waals surface area contributed by atoms with E-state index < -0.39 is 10.0 Å². The first-order valence-corrected chi connectivity index (χ1v) is 6.22. The molecule has 0 aromatic heterocycles. The van der Waals surface area contributed by atoms with Gasteiger partial charge in [0.2, 0.25) is 10.0 Å². The lowest BCUT2D eigenvalue weighted by Crippen LogP contribution is -2.35. The average molecular weight is 228 g/mol. The molecule has 3 N–H and O–H groups in total.